The number of nitrogens with one attached hydrogen (secondary N) is 2. The predicted molar refractivity (Wildman–Crippen MR) is 86.8 cm³/mol. The third kappa shape index (κ3) is 4.05. The van der Waals surface area contributed by atoms with E-state index in [2.05, 4.69) is 25.3 Å². The molecule has 2 aromatic heterocycles. The smallest absolute Gasteiger partial charge is 0.251 e. The van der Waals surface area contributed by atoms with Gasteiger partial charge in [-0.25, -0.2) is 14.4 Å². The number of anilines is 2. The second kappa shape index (κ2) is 7.35. The van der Waals surface area contributed by atoms with Crippen LogP contribution in [-0.2, 0) is 11.2 Å². The van der Waals surface area contributed by atoms with Crippen LogP contribution in [0, 0.1) is 12.7 Å². The first-order valence-corrected chi connectivity index (χ1v) is 7.78. The Hall–Kier alpha value is -2.55. The van der Waals surface area contributed by atoms with Gasteiger partial charge in [-0.3, -0.25) is 4.79 Å². The fourth-order valence-electron chi connectivity index (χ4n) is 2.51. The standard InChI is InChI=1S/C15H19FN6O2/c1-10-19-11(8-13(23)20-10)2-3-17-15-18-9-12(16)14(21-15)22-4-6-24-7-5-22/h8-9H,2-7H2,1H3,(H,17,18,21)(H,19,20,23). The fraction of sp³-hybridized carbons (Fsp3) is 0.467. The summed E-state index contributed by atoms with van der Waals surface area (Å²) in [5, 5.41) is 3.04. The van der Waals surface area contributed by atoms with Gasteiger partial charge in [0, 0.05) is 37.8 Å². The van der Waals surface area contributed by atoms with Crippen molar-refractivity contribution in [2.24, 2.45) is 0 Å². The normalized spacial score (nSPS) is 14.7. The maximum Gasteiger partial charge on any atom is 0.251 e. The number of nitrogens with zero attached hydrogens (tertiary/aromatic N) is 4. The van der Waals surface area contributed by atoms with E-state index in [9.17, 15) is 9.18 Å². The summed E-state index contributed by atoms with van der Waals surface area (Å²) in [7, 11) is 0. The highest BCUT2D eigenvalue weighted by molar-refractivity contribution is 5.44. The number of hydrogen-bond acceptors (Lipinski definition) is 7. The summed E-state index contributed by atoms with van der Waals surface area (Å²) < 4.78 is 19.2. The van der Waals surface area contributed by atoms with Gasteiger partial charge in [0.15, 0.2) is 11.6 Å². The number of hydrogen-bond donors (Lipinski definition) is 2. The van der Waals surface area contributed by atoms with Gasteiger partial charge >= 0.3 is 0 Å². The molecule has 1 saturated heterocycles. The molecule has 2 aromatic rings. The average molecular weight is 334 g/mol. The highest BCUT2D eigenvalue weighted by atomic mass is 19.1. The quantitative estimate of drug-likeness (QED) is 0.822. The van der Waals surface area contributed by atoms with Crippen molar-refractivity contribution in [2.45, 2.75) is 13.3 Å². The molecule has 0 saturated carbocycles. The van der Waals surface area contributed by atoms with Gasteiger partial charge in [0.2, 0.25) is 5.95 Å². The topological polar surface area (TPSA) is 96.0 Å². The van der Waals surface area contributed by atoms with Crippen LogP contribution < -0.4 is 15.8 Å². The Morgan fingerprint density at radius 1 is 1.38 bits per heavy atom. The van der Waals surface area contributed by atoms with E-state index >= 15 is 0 Å². The highest BCUT2D eigenvalue weighted by Crippen LogP contribution is 2.18. The first kappa shape index (κ1) is 16.3. The summed E-state index contributed by atoms with van der Waals surface area (Å²) in [6.07, 6.45) is 1.70. The molecule has 128 valence electrons. The van der Waals surface area contributed by atoms with E-state index in [1.54, 1.807) is 6.92 Å². The van der Waals surface area contributed by atoms with Crippen molar-refractivity contribution in [3.05, 3.63) is 40.0 Å². The molecule has 3 rings (SSSR count). The first-order valence-electron chi connectivity index (χ1n) is 7.78. The number of morpholine rings is 1. The number of aryl methyl sites for hydroxylation is 1. The van der Waals surface area contributed by atoms with Crippen molar-refractivity contribution in [3.63, 3.8) is 0 Å². The molecular weight excluding hydrogens is 315 g/mol. The molecule has 8 nitrogen and oxygen atoms in total. The van der Waals surface area contributed by atoms with Gasteiger partial charge in [0.1, 0.15) is 5.82 Å². The zero-order valence-electron chi connectivity index (χ0n) is 13.4. The van der Waals surface area contributed by atoms with Crippen LogP contribution in [0.2, 0.25) is 0 Å². The van der Waals surface area contributed by atoms with Crippen molar-refractivity contribution >= 4 is 11.8 Å². The minimum Gasteiger partial charge on any atom is -0.378 e. The Balaban J connectivity index is 1.63. The molecule has 1 aliphatic heterocycles. The maximum atomic E-state index is 13.9. The molecule has 24 heavy (non-hydrogen) atoms. The van der Waals surface area contributed by atoms with E-state index in [1.807, 2.05) is 4.90 Å². The predicted octanol–water partition coefficient (Wildman–Crippen LogP) is 0.499. The van der Waals surface area contributed by atoms with E-state index in [4.69, 9.17) is 4.74 Å². The lowest BCUT2D eigenvalue weighted by atomic mass is 10.3. The minimum absolute atomic E-state index is 0.176. The second-order valence-electron chi connectivity index (χ2n) is 5.46. The third-order valence-corrected chi connectivity index (χ3v) is 3.61. The van der Waals surface area contributed by atoms with Crippen LogP contribution in [0.5, 0.6) is 0 Å². The molecule has 0 amide bonds. The molecule has 1 fully saturated rings. The maximum absolute atomic E-state index is 13.9. The monoisotopic (exact) mass is 334 g/mol. The lowest BCUT2D eigenvalue weighted by Crippen LogP contribution is -2.37. The van der Waals surface area contributed by atoms with E-state index < -0.39 is 5.82 Å². The Bertz CT molecular complexity index is 760. The van der Waals surface area contributed by atoms with E-state index in [0.29, 0.717) is 56.7 Å². The summed E-state index contributed by atoms with van der Waals surface area (Å²) in [6.45, 7) is 4.53. The molecular formula is C15H19FN6O2. The van der Waals surface area contributed by atoms with E-state index in [1.165, 1.54) is 6.07 Å². The van der Waals surface area contributed by atoms with Crippen molar-refractivity contribution in [2.75, 3.05) is 43.1 Å². The van der Waals surface area contributed by atoms with Crippen LogP contribution in [0.3, 0.4) is 0 Å². The summed E-state index contributed by atoms with van der Waals surface area (Å²) in [4.78, 5) is 28.3. The summed E-state index contributed by atoms with van der Waals surface area (Å²) in [5.41, 5.74) is 0.504. The number of halogens is 1. The molecule has 0 aliphatic carbocycles. The van der Waals surface area contributed by atoms with E-state index in [0.717, 1.165) is 6.20 Å². The van der Waals surface area contributed by atoms with Gasteiger partial charge in [0.05, 0.1) is 19.4 Å². The van der Waals surface area contributed by atoms with Crippen LogP contribution in [0.1, 0.15) is 11.5 Å². The van der Waals surface area contributed by atoms with Crippen LogP contribution in [-0.4, -0.2) is 52.8 Å². The third-order valence-electron chi connectivity index (χ3n) is 3.61. The Kier molecular flexibility index (Phi) is 4.99. The Morgan fingerprint density at radius 3 is 2.92 bits per heavy atom. The molecule has 0 aromatic carbocycles. The highest BCUT2D eigenvalue weighted by Gasteiger charge is 2.17. The van der Waals surface area contributed by atoms with Gasteiger partial charge < -0.3 is 19.9 Å². The lowest BCUT2D eigenvalue weighted by molar-refractivity contribution is 0.122. The minimum atomic E-state index is -0.450. The fourth-order valence-corrected chi connectivity index (χ4v) is 2.51. The van der Waals surface area contributed by atoms with E-state index in [-0.39, 0.29) is 11.4 Å². The second-order valence-corrected chi connectivity index (χ2v) is 5.46. The molecule has 1 aliphatic rings. The molecule has 0 spiro atoms. The molecule has 2 N–H and O–H groups in total. The molecule has 9 heteroatoms. The molecule has 0 bridgehead atoms. The van der Waals surface area contributed by atoms with Crippen molar-refractivity contribution in [1.29, 1.82) is 0 Å². The number of rotatable bonds is 5. The SMILES string of the molecule is Cc1nc(CCNc2ncc(F)c(N3CCOCC3)n2)cc(=O)[nH]1. The van der Waals surface area contributed by atoms with Crippen molar-refractivity contribution in [3.8, 4) is 0 Å². The van der Waals surface area contributed by atoms with Crippen LogP contribution >= 0.6 is 0 Å². The molecule has 0 atom stereocenters. The summed E-state index contributed by atoms with van der Waals surface area (Å²) in [5.74, 6) is 0.750. The number of H-pyrrole nitrogens is 1. The summed E-state index contributed by atoms with van der Waals surface area (Å²) >= 11 is 0. The Morgan fingerprint density at radius 2 is 2.17 bits per heavy atom. The van der Waals surface area contributed by atoms with Gasteiger partial charge in [0.25, 0.3) is 5.56 Å². The van der Waals surface area contributed by atoms with Crippen LogP contribution in [0.25, 0.3) is 0 Å². The number of ether oxygens (including phenoxy) is 1. The molecule has 0 unspecified atom stereocenters. The van der Waals surface area contributed by atoms with Gasteiger partial charge in [-0.2, -0.15) is 4.98 Å². The van der Waals surface area contributed by atoms with Crippen molar-refractivity contribution in [1.82, 2.24) is 19.9 Å². The van der Waals surface area contributed by atoms with Gasteiger partial charge in [-0.05, 0) is 6.92 Å². The first-order chi connectivity index (χ1) is 11.6. The molecule has 0 radical (unpaired) electrons. The van der Waals surface area contributed by atoms with Gasteiger partial charge in [-0.15, -0.1) is 0 Å². The van der Waals surface area contributed by atoms with Crippen LogP contribution in [0.4, 0.5) is 16.2 Å². The largest absolute Gasteiger partial charge is 0.378 e. The lowest BCUT2D eigenvalue weighted by Gasteiger charge is -2.28. The number of aromatic nitrogens is 4. The zero-order chi connectivity index (χ0) is 16.9. The summed E-state index contributed by atoms with van der Waals surface area (Å²) in [6, 6.07) is 1.46. The Labute approximate surface area is 138 Å². The average Bonchev–Trinajstić information content (AvgIpc) is 2.56. The molecule has 3 heterocycles. The van der Waals surface area contributed by atoms with Gasteiger partial charge in [-0.1, -0.05) is 0 Å². The van der Waals surface area contributed by atoms with Crippen LogP contribution in [0.15, 0.2) is 17.1 Å². The van der Waals surface area contributed by atoms with Crippen molar-refractivity contribution < 1.29 is 9.13 Å². The number of aromatic amines is 1. The zero-order valence-corrected chi connectivity index (χ0v) is 13.4.